The van der Waals surface area contributed by atoms with Crippen molar-refractivity contribution < 1.29 is 9.00 Å². The SMILES string of the molecule is Nc1cc(Cl)ccc1S(=O)CC(=O)Nc1ccccc1Cl. The van der Waals surface area contributed by atoms with E-state index in [1.807, 2.05) is 0 Å². The van der Waals surface area contributed by atoms with Gasteiger partial charge < -0.3 is 11.1 Å². The third-order valence-corrected chi connectivity index (χ3v) is 4.58. The molecule has 0 radical (unpaired) electrons. The molecule has 1 unspecified atom stereocenters. The van der Waals surface area contributed by atoms with Crippen molar-refractivity contribution in [3.63, 3.8) is 0 Å². The molecule has 21 heavy (non-hydrogen) atoms. The molecule has 3 N–H and O–H groups in total. The topological polar surface area (TPSA) is 72.2 Å². The molecule has 7 heteroatoms. The van der Waals surface area contributed by atoms with Gasteiger partial charge in [-0.3, -0.25) is 9.00 Å². The number of anilines is 2. The molecule has 1 amide bonds. The van der Waals surface area contributed by atoms with Crippen molar-refractivity contribution in [1.29, 1.82) is 0 Å². The molecular weight excluding hydrogens is 331 g/mol. The van der Waals surface area contributed by atoms with Crippen molar-refractivity contribution in [2.24, 2.45) is 0 Å². The molecule has 2 rings (SSSR count). The Labute approximate surface area is 134 Å². The summed E-state index contributed by atoms with van der Waals surface area (Å²) in [5.41, 5.74) is 6.52. The van der Waals surface area contributed by atoms with Gasteiger partial charge in [0.2, 0.25) is 5.91 Å². The number of nitrogens with one attached hydrogen (secondary N) is 1. The van der Waals surface area contributed by atoms with Crippen LogP contribution in [0.25, 0.3) is 0 Å². The fourth-order valence-corrected chi connectivity index (χ4v) is 3.04. The minimum Gasteiger partial charge on any atom is -0.398 e. The van der Waals surface area contributed by atoms with Crippen molar-refractivity contribution in [2.45, 2.75) is 4.90 Å². The van der Waals surface area contributed by atoms with E-state index in [9.17, 15) is 9.00 Å². The second-order valence-electron chi connectivity index (χ2n) is 4.20. The molecule has 2 aromatic rings. The Bertz CT molecular complexity index is 707. The molecule has 1 atom stereocenters. The number of hydrogen-bond donors (Lipinski definition) is 2. The summed E-state index contributed by atoms with van der Waals surface area (Å²) in [6, 6.07) is 11.5. The molecular formula is C14H12Cl2N2O2S. The van der Waals surface area contributed by atoms with E-state index >= 15 is 0 Å². The van der Waals surface area contributed by atoms with Gasteiger partial charge in [-0.1, -0.05) is 35.3 Å². The average molecular weight is 343 g/mol. The van der Waals surface area contributed by atoms with Crippen LogP contribution in [0.15, 0.2) is 47.4 Å². The third-order valence-electron chi connectivity index (χ3n) is 2.63. The van der Waals surface area contributed by atoms with E-state index in [-0.39, 0.29) is 5.75 Å². The fourth-order valence-electron chi connectivity index (χ4n) is 1.67. The summed E-state index contributed by atoms with van der Waals surface area (Å²) >= 11 is 11.7. The van der Waals surface area contributed by atoms with Gasteiger partial charge in [-0.25, -0.2) is 0 Å². The van der Waals surface area contributed by atoms with Gasteiger partial charge >= 0.3 is 0 Å². The number of nitrogens with two attached hydrogens (primary N) is 1. The molecule has 0 aromatic heterocycles. The Morgan fingerprint density at radius 1 is 1.19 bits per heavy atom. The van der Waals surface area contributed by atoms with E-state index in [1.54, 1.807) is 36.4 Å². The molecule has 0 saturated carbocycles. The summed E-state index contributed by atoms with van der Waals surface area (Å²) in [7, 11) is -1.55. The summed E-state index contributed by atoms with van der Waals surface area (Å²) in [5.74, 6) is -0.618. The Balaban J connectivity index is 2.06. The van der Waals surface area contributed by atoms with E-state index in [1.165, 1.54) is 6.07 Å². The number of para-hydroxylation sites is 1. The van der Waals surface area contributed by atoms with Crippen molar-refractivity contribution in [3.8, 4) is 0 Å². The van der Waals surface area contributed by atoms with Gasteiger partial charge in [-0.05, 0) is 30.3 Å². The normalized spacial score (nSPS) is 11.9. The fraction of sp³-hybridized carbons (Fsp3) is 0.0714. The maximum Gasteiger partial charge on any atom is 0.237 e. The monoisotopic (exact) mass is 342 g/mol. The minimum atomic E-state index is -1.55. The Morgan fingerprint density at radius 2 is 1.90 bits per heavy atom. The van der Waals surface area contributed by atoms with Crippen molar-refractivity contribution >= 4 is 51.3 Å². The summed E-state index contributed by atoms with van der Waals surface area (Å²) < 4.78 is 12.2. The predicted octanol–water partition coefficient (Wildman–Crippen LogP) is 3.32. The molecule has 0 saturated heterocycles. The average Bonchev–Trinajstić information content (AvgIpc) is 2.41. The lowest BCUT2D eigenvalue weighted by molar-refractivity contribution is -0.113. The Morgan fingerprint density at radius 3 is 2.57 bits per heavy atom. The molecule has 0 heterocycles. The summed E-state index contributed by atoms with van der Waals surface area (Å²) in [5, 5.41) is 3.48. The van der Waals surface area contributed by atoms with Crippen LogP contribution in [0.1, 0.15) is 0 Å². The van der Waals surface area contributed by atoms with E-state index in [2.05, 4.69) is 5.32 Å². The summed E-state index contributed by atoms with van der Waals surface area (Å²) in [4.78, 5) is 12.3. The third kappa shape index (κ3) is 4.20. The second-order valence-corrected chi connectivity index (χ2v) is 6.46. The van der Waals surface area contributed by atoms with Gasteiger partial charge in [-0.15, -0.1) is 0 Å². The first-order valence-electron chi connectivity index (χ1n) is 5.95. The maximum atomic E-state index is 12.2. The van der Waals surface area contributed by atoms with Crippen molar-refractivity contribution in [3.05, 3.63) is 52.5 Å². The van der Waals surface area contributed by atoms with Crippen LogP contribution in [0.5, 0.6) is 0 Å². The highest BCUT2D eigenvalue weighted by Crippen LogP contribution is 2.23. The Hall–Kier alpha value is -1.56. The van der Waals surface area contributed by atoms with E-state index in [4.69, 9.17) is 28.9 Å². The molecule has 0 bridgehead atoms. The summed E-state index contributed by atoms with van der Waals surface area (Å²) in [6.07, 6.45) is 0. The molecule has 4 nitrogen and oxygen atoms in total. The van der Waals surface area contributed by atoms with Crippen LogP contribution < -0.4 is 11.1 Å². The van der Waals surface area contributed by atoms with Gasteiger partial charge in [0.05, 0.1) is 26.4 Å². The zero-order chi connectivity index (χ0) is 15.4. The number of halogens is 2. The quantitative estimate of drug-likeness (QED) is 0.837. The lowest BCUT2D eigenvalue weighted by atomic mass is 10.3. The first kappa shape index (κ1) is 15.8. The van der Waals surface area contributed by atoms with Gasteiger partial charge in [0.15, 0.2) is 0 Å². The number of carbonyl (C=O) groups is 1. The van der Waals surface area contributed by atoms with Crippen molar-refractivity contribution in [2.75, 3.05) is 16.8 Å². The van der Waals surface area contributed by atoms with Gasteiger partial charge in [0.25, 0.3) is 0 Å². The highest BCUT2D eigenvalue weighted by molar-refractivity contribution is 7.86. The molecule has 0 aliphatic carbocycles. The second kappa shape index (κ2) is 6.93. The number of hydrogen-bond acceptors (Lipinski definition) is 3. The van der Waals surface area contributed by atoms with Gasteiger partial charge in [0.1, 0.15) is 5.75 Å². The summed E-state index contributed by atoms with van der Waals surface area (Å²) in [6.45, 7) is 0. The molecule has 2 aromatic carbocycles. The van der Waals surface area contributed by atoms with E-state index in [0.29, 0.717) is 26.3 Å². The molecule has 0 fully saturated rings. The van der Waals surface area contributed by atoms with Gasteiger partial charge in [0, 0.05) is 10.7 Å². The van der Waals surface area contributed by atoms with Crippen LogP contribution in [0.2, 0.25) is 10.0 Å². The largest absolute Gasteiger partial charge is 0.398 e. The molecule has 0 aliphatic rings. The number of carbonyl (C=O) groups excluding carboxylic acids is 1. The predicted molar refractivity (Wildman–Crippen MR) is 87.2 cm³/mol. The van der Waals surface area contributed by atoms with Crippen LogP contribution in [-0.2, 0) is 15.6 Å². The first-order chi connectivity index (χ1) is 9.97. The molecule has 0 aliphatic heterocycles. The number of nitrogen functional groups attached to an aromatic ring is 1. The smallest absolute Gasteiger partial charge is 0.237 e. The molecule has 0 spiro atoms. The standard InChI is InChI=1S/C14H12Cl2N2O2S/c15-9-5-6-13(11(17)7-9)21(20)8-14(19)18-12-4-2-1-3-10(12)16/h1-7H,8,17H2,(H,18,19). The number of amides is 1. The van der Waals surface area contributed by atoms with Crippen LogP contribution in [-0.4, -0.2) is 15.9 Å². The lowest BCUT2D eigenvalue weighted by Crippen LogP contribution is -2.20. The number of rotatable bonds is 4. The van der Waals surface area contributed by atoms with Crippen LogP contribution in [0.3, 0.4) is 0 Å². The van der Waals surface area contributed by atoms with Gasteiger partial charge in [-0.2, -0.15) is 0 Å². The van der Waals surface area contributed by atoms with Crippen LogP contribution >= 0.6 is 23.2 Å². The van der Waals surface area contributed by atoms with E-state index < -0.39 is 16.7 Å². The number of benzene rings is 2. The first-order valence-corrected chi connectivity index (χ1v) is 8.02. The zero-order valence-corrected chi connectivity index (χ0v) is 13.1. The van der Waals surface area contributed by atoms with E-state index in [0.717, 1.165) is 0 Å². The van der Waals surface area contributed by atoms with Crippen LogP contribution in [0, 0.1) is 0 Å². The lowest BCUT2D eigenvalue weighted by Gasteiger charge is -2.08. The van der Waals surface area contributed by atoms with Crippen LogP contribution in [0.4, 0.5) is 11.4 Å². The highest BCUT2D eigenvalue weighted by atomic mass is 35.5. The molecule has 110 valence electrons. The maximum absolute atomic E-state index is 12.2. The minimum absolute atomic E-state index is 0.211. The zero-order valence-electron chi connectivity index (χ0n) is 10.8. The Kier molecular flexibility index (Phi) is 5.22. The highest BCUT2D eigenvalue weighted by Gasteiger charge is 2.14. The van der Waals surface area contributed by atoms with Crippen molar-refractivity contribution in [1.82, 2.24) is 0 Å².